The molecule has 2 heterocycles. The zero-order valence-corrected chi connectivity index (χ0v) is 19.9. The molecule has 1 aliphatic heterocycles. The molecule has 184 valence electrons. The topological polar surface area (TPSA) is 117 Å². The van der Waals surface area contributed by atoms with Crippen LogP contribution in [0.25, 0.3) is 22.9 Å². The highest BCUT2D eigenvalue weighted by Crippen LogP contribution is 2.25. The summed E-state index contributed by atoms with van der Waals surface area (Å²) in [5.74, 6) is 0.657. The van der Waals surface area contributed by atoms with Gasteiger partial charge in [-0.25, -0.2) is 0 Å². The Morgan fingerprint density at radius 1 is 1.05 bits per heavy atom. The lowest BCUT2D eigenvalue weighted by Gasteiger charge is -2.34. The van der Waals surface area contributed by atoms with E-state index < -0.39 is 4.92 Å². The first kappa shape index (κ1) is 23.8. The summed E-state index contributed by atoms with van der Waals surface area (Å²) in [5, 5.41) is 22.8. The number of oxazole rings is 1. The molecule has 0 bridgehead atoms. The van der Waals surface area contributed by atoms with Gasteiger partial charge in [-0.1, -0.05) is 54.6 Å². The molecular weight excluding hydrogens is 470 g/mol. The first-order valence-corrected chi connectivity index (χ1v) is 11.8. The lowest BCUT2D eigenvalue weighted by molar-refractivity contribution is -0.384. The molecule has 0 atom stereocenters. The van der Waals surface area contributed by atoms with Crippen molar-refractivity contribution in [1.82, 2.24) is 9.88 Å². The number of nitro groups is 1. The molecule has 9 heteroatoms. The van der Waals surface area contributed by atoms with Crippen LogP contribution in [0.3, 0.4) is 0 Å². The maximum absolute atomic E-state index is 13.0. The number of carbonyl (C=O) groups is 1. The van der Waals surface area contributed by atoms with E-state index in [4.69, 9.17) is 4.42 Å². The molecule has 0 unspecified atom stereocenters. The zero-order chi connectivity index (χ0) is 25.8. The average molecular weight is 494 g/mol. The van der Waals surface area contributed by atoms with E-state index in [9.17, 15) is 20.2 Å². The Morgan fingerprint density at radius 2 is 1.81 bits per heavy atom. The van der Waals surface area contributed by atoms with Gasteiger partial charge >= 0.3 is 0 Å². The third-order valence-electron chi connectivity index (χ3n) is 6.37. The first-order chi connectivity index (χ1) is 18.0. The second kappa shape index (κ2) is 10.3. The van der Waals surface area contributed by atoms with Gasteiger partial charge in [0.25, 0.3) is 5.69 Å². The molecule has 0 N–H and O–H groups in total. The fourth-order valence-corrected chi connectivity index (χ4v) is 4.48. The van der Waals surface area contributed by atoms with Crippen LogP contribution in [0, 0.1) is 21.4 Å². The third-order valence-corrected chi connectivity index (χ3v) is 6.37. The summed E-state index contributed by atoms with van der Waals surface area (Å²) in [6.45, 7) is 2.04. The summed E-state index contributed by atoms with van der Waals surface area (Å²) >= 11 is 0. The van der Waals surface area contributed by atoms with Crippen LogP contribution in [0.5, 0.6) is 0 Å². The molecule has 1 aliphatic rings. The van der Waals surface area contributed by atoms with Crippen LogP contribution in [0.4, 0.5) is 11.6 Å². The van der Waals surface area contributed by atoms with Gasteiger partial charge in [0.2, 0.25) is 23.4 Å². The summed E-state index contributed by atoms with van der Waals surface area (Å²) in [5.41, 5.74) is 1.77. The monoisotopic (exact) mass is 493 g/mol. The Morgan fingerprint density at radius 3 is 2.59 bits per heavy atom. The van der Waals surface area contributed by atoms with Crippen molar-refractivity contribution in [2.75, 3.05) is 31.1 Å². The van der Waals surface area contributed by atoms with Crippen LogP contribution in [-0.2, 0) is 11.2 Å². The summed E-state index contributed by atoms with van der Waals surface area (Å²) in [7, 11) is 0. The Labute approximate surface area is 213 Å². The molecule has 3 aromatic carbocycles. The Balaban J connectivity index is 1.24. The van der Waals surface area contributed by atoms with Gasteiger partial charge < -0.3 is 14.2 Å². The van der Waals surface area contributed by atoms with E-state index in [0.29, 0.717) is 44.0 Å². The predicted molar refractivity (Wildman–Crippen MR) is 140 cm³/mol. The van der Waals surface area contributed by atoms with E-state index in [2.05, 4.69) is 11.1 Å². The second-order valence-corrected chi connectivity index (χ2v) is 8.69. The van der Waals surface area contributed by atoms with Crippen molar-refractivity contribution in [2.45, 2.75) is 6.42 Å². The van der Waals surface area contributed by atoms with Crippen LogP contribution in [-0.4, -0.2) is 46.9 Å². The van der Waals surface area contributed by atoms with Gasteiger partial charge in [0.05, 0.1) is 11.3 Å². The van der Waals surface area contributed by atoms with E-state index in [1.807, 2.05) is 52.3 Å². The van der Waals surface area contributed by atoms with Crippen molar-refractivity contribution >= 4 is 40.4 Å². The molecule has 0 spiro atoms. The number of aromatic nitrogens is 1. The summed E-state index contributed by atoms with van der Waals surface area (Å²) in [4.78, 5) is 31.6. The molecule has 5 rings (SSSR count). The molecule has 0 aliphatic carbocycles. The number of nitro benzene ring substituents is 1. The van der Waals surface area contributed by atoms with Crippen LogP contribution < -0.4 is 4.90 Å². The molecule has 37 heavy (non-hydrogen) atoms. The minimum atomic E-state index is -0.458. The van der Waals surface area contributed by atoms with Crippen molar-refractivity contribution in [1.29, 1.82) is 5.26 Å². The number of nitrogens with zero attached hydrogens (tertiary/aromatic N) is 5. The van der Waals surface area contributed by atoms with Gasteiger partial charge in [-0.15, -0.1) is 0 Å². The maximum atomic E-state index is 13.0. The van der Waals surface area contributed by atoms with Crippen molar-refractivity contribution in [2.24, 2.45) is 0 Å². The minimum absolute atomic E-state index is 0.0131. The zero-order valence-electron chi connectivity index (χ0n) is 19.9. The number of non-ortho nitro benzene ring substituents is 1. The average Bonchev–Trinajstić information content (AvgIpc) is 3.36. The lowest BCUT2D eigenvalue weighted by Crippen LogP contribution is -2.49. The van der Waals surface area contributed by atoms with Gasteiger partial charge in [-0.05, 0) is 28.0 Å². The van der Waals surface area contributed by atoms with Gasteiger partial charge in [-0.2, -0.15) is 10.2 Å². The lowest BCUT2D eigenvalue weighted by atomic mass is 10.0. The highest BCUT2D eigenvalue weighted by atomic mass is 16.6. The van der Waals surface area contributed by atoms with Gasteiger partial charge in [-0.3, -0.25) is 14.9 Å². The summed E-state index contributed by atoms with van der Waals surface area (Å²) < 4.78 is 5.85. The second-order valence-electron chi connectivity index (χ2n) is 8.69. The Hall–Kier alpha value is -4.97. The molecular formula is C28H23N5O4. The molecule has 1 fully saturated rings. The molecule has 4 aromatic rings. The SMILES string of the molecule is N#Cc1nc(/C=C/c2cccc([N+](=O)[O-])c2)oc1N1CCN(C(=O)Cc2cccc3ccccc23)CC1. The fourth-order valence-electron chi connectivity index (χ4n) is 4.48. The highest BCUT2D eigenvalue weighted by molar-refractivity contribution is 5.90. The quantitative estimate of drug-likeness (QED) is 0.283. The number of hydrogen-bond acceptors (Lipinski definition) is 7. The van der Waals surface area contributed by atoms with E-state index >= 15 is 0 Å². The number of carbonyl (C=O) groups excluding carboxylic acids is 1. The molecule has 1 amide bonds. The van der Waals surface area contributed by atoms with Gasteiger partial charge in [0.15, 0.2) is 0 Å². The molecule has 1 aromatic heterocycles. The first-order valence-electron chi connectivity index (χ1n) is 11.8. The Bertz CT molecular complexity index is 1540. The summed E-state index contributed by atoms with van der Waals surface area (Å²) in [6.07, 6.45) is 3.56. The van der Waals surface area contributed by atoms with Crippen molar-refractivity contribution < 1.29 is 14.1 Å². The van der Waals surface area contributed by atoms with Crippen LogP contribution >= 0.6 is 0 Å². The van der Waals surface area contributed by atoms with E-state index in [1.54, 1.807) is 24.3 Å². The molecule has 9 nitrogen and oxygen atoms in total. The fraction of sp³-hybridized carbons (Fsp3) is 0.179. The van der Waals surface area contributed by atoms with Gasteiger partial charge in [0.1, 0.15) is 6.07 Å². The minimum Gasteiger partial charge on any atom is -0.420 e. The number of amides is 1. The van der Waals surface area contributed by atoms with E-state index in [1.165, 1.54) is 12.1 Å². The number of anilines is 1. The smallest absolute Gasteiger partial charge is 0.270 e. The van der Waals surface area contributed by atoms with Crippen LogP contribution in [0.15, 0.2) is 71.1 Å². The van der Waals surface area contributed by atoms with Crippen molar-refractivity contribution in [3.8, 4) is 6.07 Å². The molecule has 1 saturated heterocycles. The standard InChI is InChI=1S/C28H23N5O4/c29-19-25-28(37-26(30-25)12-11-20-5-3-9-23(17-20)33(35)36)32-15-13-31(14-16-32)27(34)18-22-8-4-7-21-6-1-2-10-24(21)22/h1-12,17H,13-16,18H2/b12-11+. The number of hydrogen-bond donors (Lipinski definition) is 0. The third kappa shape index (κ3) is 5.18. The normalized spacial score (nSPS) is 13.7. The van der Waals surface area contributed by atoms with E-state index in [-0.39, 0.29) is 23.2 Å². The van der Waals surface area contributed by atoms with E-state index in [0.717, 1.165) is 16.3 Å². The number of piperazine rings is 1. The highest BCUT2D eigenvalue weighted by Gasteiger charge is 2.26. The Kier molecular flexibility index (Phi) is 6.64. The van der Waals surface area contributed by atoms with Crippen molar-refractivity contribution in [3.63, 3.8) is 0 Å². The predicted octanol–water partition coefficient (Wildman–Crippen LogP) is 4.67. The number of benzene rings is 3. The van der Waals surface area contributed by atoms with Crippen LogP contribution in [0.2, 0.25) is 0 Å². The number of rotatable bonds is 6. The molecule has 0 radical (unpaired) electrons. The largest absolute Gasteiger partial charge is 0.420 e. The van der Waals surface area contributed by atoms with Gasteiger partial charge in [0, 0.05) is 44.4 Å². The number of fused-ring (bicyclic) bond motifs is 1. The van der Waals surface area contributed by atoms with Crippen LogP contribution in [0.1, 0.15) is 22.7 Å². The summed E-state index contributed by atoms with van der Waals surface area (Å²) in [6, 6.07) is 22.3. The number of nitriles is 1. The molecule has 0 saturated carbocycles. The van der Waals surface area contributed by atoms with Crippen molar-refractivity contribution in [3.05, 3.63) is 99.6 Å². The maximum Gasteiger partial charge on any atom is 0.270 e.